The summed E-state index contributed by atoms with van der Waals surface area (Å²) >= 11 is 8.79. The molecule has 0 aliphatic heterocycles. The highest BCUT2D eigenvalue weighted by Gasteiger charge is 2.25. The molecule has 8 heteroatoms. The van der Waals surface area contributed by atoms with Crippen molar-refractivity contribution in [1.29, 1.82) is 0 Å². The Kier molecular flexibility index (Phi) is 5.57. The van der Waals surface area contributed by atoms with Gasteiger partial charge in [-0.1, -0.05) is 53.7 Å². The SMILES string of the molecule is CNC(=O)NC(=O)[C@H](Sc1nc2cc(Cl)ccc2s1)c1ccccc1. The molecule has 0 saturated heterocycles. The third kappa shape index (κ3) is 4.31. The number of carbonyl (C=O) groups excluding carboxylic acids is 2. The van der Waals surface area contributed by atoms with Crippen LogP contribution in [0.5, 0.6) is 0 Å². The van der Waals surface area contributed by atoms with Crippen molar-refractivity contribution < 1.29 is 9.59 Å². The van der Waals surface area contributed by atoms with E-state index in [1.54, 1.807) is 6.07 Å². The van der Waals surface area contributed by atoms with Crippen molar-refractivity contribution in [3.8, 4) is 0 Å². The molecule has 3 amide bonds. The minimum Gasteiger partial charge on any atom is -0.341 e. The summed E-state index contributed by atoms with van der Waals surface area (Å²) in [5.41, 5.74) is 1.59. The van der Waals surface area contributed by atoms with Crippen molar-refractivity contribution in [3.63, 3.8) is 0 Å². The van der Waals surface area contributed by atoms with E-state index in [1.807, 2.05) is 42.5 Å². The van der Waals surface area contributed by atoms with Gasteiger partial charge in [-0.2, -0.15) is 0 Å². The number of benzene rings is 2. The van der Waals surface area contributed by atoms with E-state index in [2.05, 4.69) is 15.6 Å². The van der Waals surface area contributed by atoms with E-state index in [4.69, 9.17) is 11.6 Å². The smallest absolute Gasteiger partial charge is 0.321 e. The van der Waals surface area contributed by atoms with Crippen molar-refractivity contribution in [2.45, 2.75) is 9.59 Å². The Morgan fingerprint density at radius 2 is 1.96 bits per heavy atom. The van der Waals surface area contributed by atoms with Crippen LogP contribution in [0.2, 0.25) is 5.02 Å². The summed E-state index contributed by atoms with van der Waals surface area (Å²) in [5, 5.41) is 4.75. The lowest BCUT2D eigenvalue weighted by atomic mass is 10.1. The molecule has 2 N–H and O–H groups in total. The molecule has 0 bridgehead atoms. The molecule has 1 aromatic heterocycles. The first-order valence-electron chi connectivity index (χ1n) is 7.37. The van der Waals surface area contributed by atoms with Crippen LogP contribution in [0, 0.1) is 0 Å². The second-order valence-electron chi connectivity index (χ2n) is 5.07. The van der Waals surface area contributed by atoms with Crippen molar-refractivity contribution in [3.05, 3.63) is 59.1 Å². The number of aromatic nitrogens is 1. The first kappa shape index (κ1) is 17.7. The Morgan fingerprint density at radius 1 is 1.20 bits per heavy atom. The standard InChI is InChI=1S/C17H14ClN3O2S2/c1-19-16(23)21-15(22)14(10-5-3-2-4-6-10)25-17-20-12-9-11(18)7-8-13(12)24-17/h2-9,14H,1H3,(H2,19,21,22,23)/t14-/m1/s1. The van der Waals surface area contributed by atoms with E-state index in [1.165, 1.54) is 30.1 Å². The predicted octanol–water partition coefficient (Wildman–Crippen LogP) is 4.24. The molecule has 0 saturated carbocycles. The molecule has 1 heterocycles. The van der Waals surface area contributed by atoms with Gasteiger partial charge in [0.15, 0.2) is 4.34 Å². The maximum Gasteiger partial charge on any atom is 0.321 e. The van der Waals surface area contributed by atoms with Crippen molar-refractivity contribution >= 4 is 56.9 Å². The van der Waals surface area contributed by atoms with Crippen LogP contribution in [0.4, 0.5) is 4.79 Å². The quantitative estimate of drug-likeness (QED) is 0.652. The molecule has 1 atom stereocenters. The fourth-order valence-corrected chi connectivity index (χ4v) is 4.58. The van der Waals surface area contributed by atoms with Crippen molar-refractivity contribution in [2.24, 2.45) is 0 Å². The number of thiazole rings is 1. The minimum absolute atomic E-state index is 0.396. The zero-order chi connectivity index (χ0) is 17.8. The Bertz CT molecular complexity index is 915. The zero-order valence-electron chi connectivity index (χ0n) is 13.2. The number of thioether (sulfide) groups is 1. The third-order valence-corrected chi connectivity index (χ3v) is 5.97. The van der Waals surface area contributed by atoms with E-state index in [0.717, 1.165) is 20.1 Å². The van der Waals surface area contributed by atoms with Gasteiger partial charge < -0.3 is 5.32 Å². The van der Waals surface area contributed by atoms with Gasteiger partial charge in [0, 0.05) is 12.1 Å². The molecule has 0 unspecified atom stereocenters. The van der Waals surface area contributed by atoms with Crippen LogP contribution in [0.3, 0.4) is 0 Å². The summed E-state index contributed by atoms with van der Waals surface area (Å²) < 4.78 is 1.73. The van der Waals surface area contributed by atoms with Crippen molar-refractivity contribution in [2.75, 3.05) is 7.05 Å². The number of hydrogen-bond donors (Lipinski definition) is 2. The van der Waals surface area contributed by atoms with E-state index < -0.39 is 17.2 Å². The second kappa shape index (κ2) is 7.86. The number of urea groups is 1. The maximum atomic E-state index is 12.5. The number of nitrogens with one attached hydrogen (secondary N) is 2. The normalized spacial score (nSPS) is 11.9. The van der Waals surface area contributed by atoms with Crippen LogP contribution < -0.4 is 10.6 Å². The Balaban J connectivity index is 1.90. The van der Waals surface area contributed by atoms with Gasteiger partial charge in [-0.25, -0.2) is 9.78 Å². The van der Waals surface area contributed by atoms with Crippen LogP contribution in [0.1, 0.15) is 10.8 Å². The number of hydrogen-bond acceptors (Lipinski definition) is 5. The van der Waals surface area contributed by atoms with E-state index in [9.17, 15) is 9.59 Å². The van der Waals surface area contributed by atoms with Gasteiger partial charge in [0.05, 0.1) is 10.2 Å². The van der Waals surface area contributed by atoms with Gasteiger partial charge in [0.25, 0.3) is 0 Å². The topological polar surface area (TPSA) is 71.1 Å². The van der Waals surface area contributed by atoms with E-state index >= 15 is 0 Å². The van der Waals surface area contributed by atoms with Crippen LogP contribution >= 0.6 is 34.7 Å². The van der Waals surface area contributed by atoms with Crippen LogP contribution in [0.15, 0.2) is 52.9 Å². The molecule has 5 nitrogen and oxygen atoms in total. The molecule has 0 aliphatic carbocycles. The van der Waals surface area contributed by atoms with Gasteiger partial charge >= 0.3 is 6.03 Å². The molecule has 25 heavy (non-hydrogen) atoms. The number of amides is 3. The van der Waals surface area contributed by atoms with Crippen LogP contribution in [-0.4, -0.2) is 24.0 Å². The fraction of sp³-hybridized carbons (Fsp3) is 0.118. The largest absolute Gasteiger partial charge is 0.341 e. The number of nitrogens with zero attached hydrogens (tertiary/aromatic N) is 1. The predicted molar refractivity (Wildman–Crippen MR) is 102 cm³/mol. The number of rotatable bonds is 4. The van der Waals surface area contributed by atoms with E-state index in [0.29, 0.717) is 5.02 Å². The highest BCUT2D eigenvalue weighted by molar-refractivity contribution is 8.02. The summed E-state index contributed by atoms with van der Waals surface area (Å²) in [6.07, 6.45) is 0. The molecule has 0 aliphatic rings. The minimum atomic E-state index is -0.588. The summed E-state index contributed by atoms with van der Waals surface area (Å²) in [4.78, 5) is 28.6. The Hall–Kier alpha value is -2.09. The number of fused-ring (bicyclic) bond motifs is 1. The summed E-state index contributed by atoms with van der Waals surface area (Å²) in [5.74, 6) is -0.396. The second-order valence-corrected chi connectivity index (χ2v) is 7.89. The number of halogens is 1. The molecule has 0 spiro atoms. The maximum absolute atomic E-state index is 12.5. The average molecular weight is 392 g/mol. The van der Waals surface area contributed by atoms with Gasteiger partial charge in [-0.15, -0.1) is 11.3 Å². The van der Waals surface area contributed by atoms with E-state index in [-0.39, 0.29) is 0 Å². The lowest BCUT2D eigenvalue weighted by Crippen LogP contribution is -2.39. The lowest BCUT2D eigenvalue weighted by molar-refractivity contribution is -0.119. The third-order valence-electron chi connectivity index (χ3n) is 3.35. The van der Waals surface area contributed by atoms with Gasteiger partial charge in [-0.05, 0) is 23.8 Å². The summed E-state index contributed by atoms with van der Waals surface area (Å²) in [7, 11) is 1.46. The van der Waals surface area contributed by atoms with Gasteiger partial charge in [0.1, 0.15) is 5.25 Å². The average Bonchev–Trinajstić information content (AvgIpc) is 3.01. The Morgan fingerprint density at radius 3 is 2.68 bits per heavy atom. The van der Waals surface area contributed by atoms with Gasteiger partial charge in [-0.3, -0.25) is 10.1 Å². The van der Waals surface area contributed by atoms with Crippen LogP contribution in [0.25, 0.3) is 10.2 Å². The fourth-order valence-electron chi connectivity index (χ4n) is 2.17. The summed E-state index contributed by atoms with van der Waals surface area (Å²) in [6, 6.07) is 14.3. The molecular weight excluding hydrogens is 378 g/mol. The highest BCUT2D eigenvalue weighted by atomic mass is 35.5. The first-order chi connectivity index (χ1) is 12.1. The van der Waals surface area contributed by atoms with Gasteiger partial charge in [0.2, 0.25) is 5.91 Å². The molecular formula is C17H14ClN3O2S2. The molecule has 3 rings (SSSR count). The molecule has 128 valence electrons. The van der Waals surface area contributed by atoms with Crippen LogP contribution in [-0.2, 0) is 4.79 Å². The number of imide groups is 1. The molecule has 0 fully saturated rings. The Labute approximate surface area is 157 Å². The zero-order valence-corrected chi connectivity index (χ0v) is 15.5. The monoisotopic (exact) mass is 391 g/mol. The molecule has 3 aromatic rings. The highest BCUT2D eigenvalue weighted by Crippen LogP contribution is 2.39. The molecule has 2 aromatic carbocycles. The lowest BCUT2D eigenvalue weighted by Gasteiger charge is -2.14. The molecule has 0 radical (unpaired) electrons. The number of carbonyl (C=O) groups is 2. The van der Waals surface area contributed by atoms with Crippen molar-refractivity contribution in [1.82, 2.24) is 15.6 Å². The first-order valence-corrected chi connectivity index (χ1v) is 9.44. The summed E-state index contributed by atoms with van der Waals surface area (Å²) in [6.45, 7) is 0.